The molecule has 1 saturated heterocycles. The van der Waals surface area contributed by atoms with E-state index >= 15 is 0 Å². The number of β-amino-alcohol motifs (C(OH)–C–C–N with tert-alkyl or cyclic N) is 1. The zero-order valence-corrected chi connectivity index (χ0v) is 16.5. The predicted octanol–water partition coefficient (Wildman–Crippen LogP) is 2.71. The fourth-order valence-corrected chi connectivity index (χ4v) is 5.21. The molecule has 1 fully saturated rings. The lowest BCUT2D eigenvalue weighted by molar-refractivity contribution is -0.148. The van der Waals surface area contributed by atoms with Gasteiger partial charge >= 0.3 is 5.97 Å². The van der Waals surface area contributed by atoms with Gasteiger partial charge in [-0.3, -0.25) is 4.79 Å². The number of ether oxygens (including phenoxy) is 1. The summed E-state index contributed by atoms with van der Waals surface area (Å²) in [6.45, 7) is -0.0869. The highest BCUT2D eigenvalue weighted by molar-refractivity contribution is 7.89. The van der Waals surface area contributed by atoms with E-state index in [9.17, 15) is 18.3 Å². The van der Waals surface area contributed by atoms with E-state index in [2.05, 4.69) is 0 Å². The van der Waals surface area contributed by atoms with Crippen molar-refractivity contribution < 1.29 is 23.1 Å². The molecule has 0 saturated carbocycles. The minimum absolute atomic E-state index is 0.0143. The number of nitrogens with zero attached hydrogens (tertiary/aromatic N) is 1. The van der Waals surface area contributed by atoms with Gasteiger partial charge in [-0.1, -0.05) is 60.7 Å². The van der Waals surface area contributed by atoms with Crippen LogP contribution in [0.4, 0.5) is 0 Å². The third-order valence-electron chi connectivity index (χ3n) is 5.06. The molecule has 0 amide bonds. The number of benzene rings is 3. The van der Waals surface area contributed by atoms with Crippen LogP contribution in [0.15, 0.2) is 77.7 Å². The zero-order valence-electron chi connectivity index (χ0n) is 15.6. The second-order valence-corrected chi connectivity index (χ2v) is 8.97. The first-order chi connectivity index (χ1) is 13.9. The first-order valence-electron chi connectivity index (χ1n) is 9.34. The van der Waals surface area contributed by atoms with Gasteiger partial charge in [-0.2, -0.15) is 4.31 Å². The average Bonchev–Trinajstić information content (AvgIpc) is 3.15. The van der Waals surface area contributed by atoms with E-state index in [1.807, 2.05) is 54.6 Å². The van der Waals surface area contributed by atoms with Crippen molar-refractivity contribution in [2.75, 3.05) is 6.54 Å². The Morgan fingerprint density at radius 3 is 2.45 bits per heavy atom. The van der Waals surface area contributed by atoms with Crippen molar-refractivity contribution in [2.24, 2.45) is 0 Å². The third kappa shape index (κ3) is 4.03. The molecule has 3 aromatic carbocycles. The van der Waals surface area contributed by atoms with E-state index in [1.54, 1.807) is 12.1 Å². The normalized spacial score (nSPS) is 20.0. The number of carbonyl (C=O) groups excluding carboxylic acids is 1. The highest BCUT2D eigenvalue weighted by Gasteiger charge is 2.44. The molecule has 4 rings (SSSR count). The quantitative estimate of drug-likeness (QED) is 0.653. The Morgan fingerprint density at radius 1 is 1.00 bits per heavy atom. The highest BCUT2D eigenvalue weighted by Crippen LogP contribution is 2.29. The topological polar surface area (TPSA) is 83.9 Å². The van der Waals surface area contributed by atoms with Crippen LogP contribution in [0, 0.1) is 0 Å². The molecule has 150 valence electrons. The van der Waals surface area contributed by atoms with E-state index in [0.717, 1.165) is 20.6 Å². The number of fused-ring (bicyclic) bond motifs is 1. The van der Waals surface area contributed by atoms with E-state index in [1.165, 1.54) is 6.07 Å². The molecule has 0 spiro atoms. The fraction of sp³-hybridized carbons (Fsp3) is 0.227. The number of carbonyl (C=O) groups is 1. The number of aliphatic hydroxyl groups excluding tert-OH is 1. The zero-order chi connectivity index (χ0) is 20.4. The molecule has 2 atom stereocenters. The molecule has 7 heteroatoms. The summed E-state index contributed by atoms with van der Waals surface area (Å²) in [7, 11) is -3.97. The van der Waals surface area contributed by atoms with Crippen molar-refractivity contribution in [2.45, 2.75) is 30.1 Å². The number of sulfonamides is 1. The molecular weight excluding hydrogens is 390 g/mol. The minimum Gasteiger partial charge on any atom is -0.460 e. The Morgan fingerprint density at radius 2 is 1.69 bits per heavy atom. The Labute approximate surface area is 169 Å². The molecule has 1 heterocycles. The minimum atomic E-state index is -3.97. The van der Waals surface area contributed by atoms with Gasteiger partial charge in [0.05, 0.1) is 11.0 Å². The Hall–Kier alpha value is -2.74. The maximum atomic E-state index is 13.2. The van der Waals surface area contributed by atoms with Crippen LogP contribution in [0.1, 0.15) is 12.0 Å². The van der Waals surface area contributed by atoms with Gasteiger partial charge in [0.2, 0.25) is 10.0 Å². The molecule has 3 aromatic rings. The maximum absolute atomic E-state index is 13.2. The maximum Gasteiger partial charge on any atom is 0.324 e. The lowest BCUT2D eigenvalue weighted by Gasteiger charge is -2.22. The van der Waals surface area contributed by atoms with Gasteiger partial charge in [0.15, 0.2) is 0 Å². The first kappa shape index (κ1) is 19.6. The molecule has 2 unspecified atom stereocenters. The van der Waals surface area contributed by atoms with Crippen molar-refractivity contribution in [1.82, 2.24) is 4.31 Å². The molecule has 29 heavy (non-hydrogen) atoms. The van der Waals surface area contributed by atoms with Crippen LogP contribution >= 0.6 is 0 Å². The number of hydrogen-bond acceptors (Lipinski definition) is 5. The molecule has 0 radical (unpaired) electrons. The van der Waals surface area contributed by atoms with Gasteiger partial charge in [0.25, 0.3) is 0 Å². The number of hydrogen-bond donors (Lipinski definition) is 1. The summed E-state index contributed by atoms with van der Waals surface area (Å²) in [5.41, 5.74) is 0.809. The van der Waals surface area contributed by atoms with Crippen molar-refractivity contribution >= 4 is 26.8 Å². The van der Waals surface area contributed by atoms with Crippen molar-refractivity contribution in [1.29, 1.82) is 0 Å². The summed E-state index contributed by atoms with van der Waals surface area (Å²) >= 11 is 0. The van der Waals surface area contributed by atoms with Gasteiger partial charge < -0.3 is 9.84 Å². The first-order valence-corrected chi connectivity index (χ1v) is 10.8. The molecule has 0 aromatic heterocycles. The summed E-state index contributed by atoms with van der Waals surface area (Å²) in [5, 5.41) is 11.8. The van der Waals surface area contributed by atoms with Crippen LogP contribution in [0.2, 0.25) is 0 Å². The number of esters is 1. The summed E-state index contributed by atoms with van der Waals surface area (Å²) < 4.78 is 32.8. The van der Waals surface area contributed by atoms with Gasteiger partial charge in [0, 0.05) is 13.0 Å². The van der Waals surface area contributed by atoms with Gasteiger partial charge in [-0.25, -0.2) is 8.42 Å². The standard InChI is InChI=1S/C22H21NO5S/c24-19-13-21(22(25)28-15-16-6-2-1-3-7-16)23(14-19)29(26,27)20-11-10-17-8-4-5-9-18(17)12-20/h1-12,19,21,24H,13-15H2. The summed E-state index contributed by atoms with van der Waals surface area (Å²) in [6, 6.07) is 20.4. The van der Waals surface area contributed by atoms with Crippen LogP contribution in [-0.2, 0) is 26.2 Å². The molecule has 0 bridgehead atoms. The second-order valence-electron chi connectivity index (χ2n) is 7.08. The van der Waals surface area contributed by atoms with Gasteiger partial charge in [0.1, 0.15) is 12.6 Å². The smallest absolute Gasteiger partial charge is 0.324 e. The highest BCUT2D eigenvalue weighted by atomic mass is 32.2. The molecule has 1 aliphatic rings. The van der Waals surface area contributed by atoms with Crippen molar-refractivity contribution in [3.05, 3.63) is 78.4 Å². The van der Waals surface area contributed by atoms with Gasteiger partial charge in [-0.05, 0) is 28.5 Å². The van der Waals surface area contributed by atoms with E-state index in [0.29, 0.717) is 0 Å². The average molecular weight is 411 g/mol. The van der Waals surface area contributed by atoms with Crippen molar-refractivity contribution in [3.63, 3.8) is 0 Å². The van der Waals surface area contributed by atoms with E-state index in [4.69, 9.17) is 4.74 Å². The van der Waals surface area contributed by atoms with E-state index in [-0.39, 0.29) is 24.5 Å². The Kier molecular flexibility index (Phi) is 5.36. The third-order valence-corrected chi connectivity index (χ3v) is 6.93. The lowest BCUT2D eigenvalue weighted by atomic mass is 10.1. The Balaban J connectivity index is 1.57. The number of rotatable bonds is 5. The van der Waals surface area contributed by atoms with Gasteiger partial charge in [-0.15, -0.1) is 0 Å². The number of aliphatic hydroxyl groups is 1. The molecule has 6 nitrogen and oxygen atoms in total. The molecular formula is C22H21NO5S. The van der Waals surface area contributed by atoms with Crippen molar-refractivity contribution in [3.8, 4) is 0 Å². The largest absolute Gasteiger partial charge is 0.460 e. The van der Waals surface area contributed by atoms with E-state index < -0.39 is 28.1 Å². The predicted molar refractivity (Wildman–Crippen MR) is 108 cm³/mol. The monoisotopic (exact) mass is 411 g/mol. The van der Waals surface area contributed by atoms with Crippen LogP contribution in [0.25, 0.3) is 10.8 Å². The van der Waals surface area contributed by atoms with Crippen LogP contribution in [0.3, 0.4) is 0 Å². The Bertz CT molecular complexity index is 1130. The molecule has 1 N–H and O–H groups in total. The fourth-order valence-electron chi connectivity index (χ4n) is 3.55. The summed E-state index contributed by atoms with van der Waals surface area (Å²) in [4.78, 5) is 12.7. The summed E-state index contributed by atoms with van der Waals surface area (Å²) in [6.07, 6.45) is -0.903. The van der Waals surface area contributed by atoms with Crippen LogP contribution in [-0.4, -0.2) is 42.5 Å². The van der Waals surface area contributed by atoms with Crippen LogP contribution in [0.5, 0.6) is 0 Å². The molecule has 0 aliphatic carbocycles. The SMILES string of the molecule is O=C(OCc1ccccc1)C1CC(O)CN1S(=O)(=O)c1ccc2ccccc2c1. The second kappa shape index (κ2) is 7.94. The lowest BCUT2D eigenvalue weighted by Crippen LogP contribution is -2.41. The van der Waals surface area contributed by atoms with Crippen LogP contribution < -0.4 is 0 Å². The molecule has 1 aliphatic heterocycles. The summed E-state index contributed by atoms with van der Waals surface area (Å²) in [5.74, 6) is -0.658.